The van der Waals surface area contributed by atoms with Crippen LogP contribution in [0.2, 0.25) is 0 Å². The normalized spacial score (nSPS) is 16.5. The van der Waals surface area contributed by atoms with Gasteiger partial charge in [0, 0.05) is 18.8 Å². The highest BCUT2D eigenvalue weighted by atomic mass is 19.1. The van der Waals surface area contributed by atoms with Gasteiger partial charge in [0.2, 0.25) is 5.91 Å². The molecule has 7 nitrogen and oxygen atoms in total. The first kappa shape index (κ1) is 16.3. The standard InChI is InChI=1S/C14H19FN4O3/c1-17-11(7-16)14(21)18-9-2-3-12(10(15)6-9)19-4-5-22-8-13(19)20/h2-3,6,11,17H,4-5,7-8,16H2,1H3,(H,18,21)/t11-/m0/s1. The molecule has 1 heterocycles. The SMILES string of the molecule is CN[C@@H](CN)C(=O)Nc1ccc(N2CCOCC2=O)c(F)c1. The van der Waals surface area contributed by atoms with Crippen LogP contribution in [0.3, 0.4) is 0 Å². The number of carbonyl (C=O) groups excluding carboxylic acids is 2. The van der Waals surface area contributed by atoms with Crippen LogP contribution in [0.1, 0.15) is 0 Å². The third-order valence-corrected chi connectivity index (χ3v) is 3.39. The average molecular weight is 310 g/mol. The molecule has 1 saturated heterocycles. The lowest BCUT2D eigenvalue weighted by Crippen LogP contribution is -2.44. The number of amides is 2. The van der Waals surface area contributed by atoms with E-state index in [0.29, 0.717) is 18.8 Å². The molecule has 2 rings (SSSR count). The van der Waals surface area contributed by atoms with Crippen LogP contribution < -0.4 is 21.3 Å². The minimum Gasteiger partial charge on any atom is -0.370 e. The molecule has 0 saturated carbocycles. The van der Waals surface area contributed by atoms with E-state index in [1.165, 1.54) is 17.0 Å². The first-order chi connectivity index (χ1) is 10.6. The van der Waals surface area contributed by atoms with Crippen molar-refractivity contribution in [1.82, 2.24) is 5.32 Å². The van der Waals surface area contributed by atoms with E-state index in [4.69, 9.17) is 10.5 Å². The Morgan fingerprint density at radius 3 is 2.91 bits per heavy atom. The summed E-state index contributed by atoms with van der Waals surface area (Å²) in [7, 11) is 1.62. The zero-order valence-electron chi connectivity index (χ0n) is 12.3. The van der Waals surface area contributed by atoms with Gasteiger partial charge in [-0.2, -0.15) is 0 Å². The van der Waals surface area contributed by atoms with Crippen molar-refractivity contribution < 1.29 is 18.7 Å². The van der Waals surface area contributed by atoms with Gasteiger partial charge in [0.15, 0.2) is 0 Å². The van der Waals surface area contributed by atoms with E-state index in [1.807, 2.05) is 0 Å². The number of nitrogens with zero attached hydrogens (tertiary/aromatic N) is 1. The van der Waals surface area contributed by atoms with Gasteiger partial charge in [0.25, 0.3) is 5.91 Å². The highest BCUT2D eigenvalue weighted by Crippen LogP contribution is 2.24. The second kappa shape index (κ2) is 7.30. The van der Waals surface area contributed by atoms with Gasteiger partial charge in [-0.1, -0.05) is 0 Å². The van der Waals surface area contributed by atoms with E-state index in [9.17, 15) is 14.0 Å². The van der Waals surface area contributed by atoms with Crippen molar-refractivity contribution in [1.29, 1.82) is 0 Å². The smallest absolute Gasteiger partial charge is 0.253 e. The van der Waals surface area contributed by atoms with Crippen LogP contribution in [0.4, 0.5) is 15.8 Å². The fourth-order valence-electron chi connectivity index (χ4n) is 2.16. The Balaban J connectivity index is 2.12. The number of hydrogen-bond acceptors (Lipinski definition) is 5. The van der Waals surface area contributed by atoms with Crippen molar-refractivity contribution in [3.8, 4) is 0 Å². The molecule has 0 bridgehead atoms. The van der Waals surface area contributed by atoms with E-state index < -0.39 is 11.9 Å². The number of morpholine rings is 1. The molecule has 0 radical (unpaired) electrons. The maximum absolute atomic E-state index is 14.2. The summed E-state index contributed by atoms with van der Waals surface area (Å²) in [6, 6.07) is 3.63. The van der Waals surface area contributed by atoms with Gasteiger partial charge in [-0.15, -0.1) is 0 Å². The summed E-state index contributed by atoms with van der Waals surface area (Å²) >= 11 is 0. The molecule has 0 aromatic heterocycles. The number of hydrogen-bond donors (Lipinski definition) is 3. The van der Waals surface area contributed by atoms with Crippen LogP contribution in [0.5, 0.6) is 0 Å². The molecule has 0 aliphatic carbocycles. The summed E-state index contributed by atoms with van der Waals surface area (Å²) < 4.78 is 19.2. The minimum atomic E-state index is -0.582. The molecule has 1 fully saturated rings. The van der Waals surface area contributed by atoms with Crippen LogP contribution >= 0.6 is 0 Å². The molecule has 1 aromatic carbocycles. The van der Waals surface area contributed by atoms with E-state index in [0.717, 1.165) is 0 Å². The lowest BCUT2D eigenvalue weighted by molar-refractivity contribution is -0.125. The number of anilines is 2. The summed E-state index contributed by atoms with van der Waals surface area (Å²) in [4.78, 5) is 24.9. The summed E-state index contributed by atoms with van der Waals surface area (Å²) in [5, 5.41) is 5.33. The molecule has 0 spiro atoms. The van der Waals surface area contributed by atoms with Crippen LogP contribution in [0.25, 0.3) is 0 Å². The molecule has 2 amide bonds. The number of nitrogens with one attached hydrogen (secondary N) is 2. The summed E-state index contributed by atoms with van der Waals surface area (Å²) in [6.45, 7) is 0.740. The van der Waals surface area contributed by atoms with Crippen molar-refractivity contribution in [3.05, 3.63) is 24.0 Å². The van der Waals surface area contributed by atoms with Crippen molar-refractivity contribution in [2.75, 3.05) is 43.6 Å². The molecule has 1 aromatic rings. The number of ether oxygens (including phenoxy) is 1. The molecular formula is C14H19FN4O3. The number of halogens is 1. The highest BCUT2D eigenvalue weighted by molar-refractivity contribution is 5.97. The van der Waals surface area contributed by atoms with Crippen molar-refractivity contribution >= 4 is 23.2 Å². The van der Waals surface area contributed by atoms with Crippen LogP contribution in [-0.2, 0) is 14.3 Å². The van der Waals surface area contributed by atoms with Gasteiger partial charge in [0.05, 0.1) is 18.3 Å². The number of nitrogens with two attached hydrogens (primary N) is 1. The first-order valence-electron chi connectivity index (χ1n) is 6.92. The van der Waals surface area contributed by atoms with Gasteiger partial charge in [-0.3, -0.25) is 9.59 Å². The largest absolute Gasteiger partial charge is 0.370 e. The van der Waals surface area contributed by atoms with E-state index >= 15 is 0 Å². The topological polar surface area (TPSA) is 96.7 Å². The zero-order valence-corrected chi connectivity index (χ0v) is 12.3. The Kier molecular flexibility index (Phi) is 5.42. The monoisotopic (exact) mass is 310 g/mol. The second-order valence-electron chi connectivity index (χ2n) is 4.83. The highest BCUT2D eigenvalue weighted by Gasteiger charge is 2.23. The fraction of sp³-hybridized carbons (Fsp3) is 0.429. The predicted molar refractivity (Wildman–Crippen MR) is 80.1 cm³/mol. The van der Waals surface area contributed by atoms with Gasteiger partial charge in [-0.05, 0) is 25.2 Å². The minimum absolute atomic E-state index is 0.0573. The van der Waals surface area contributed by atoms with Crippen molar-refractivity contribution in [2.24, 2.45) is 5.73 Å². The van der Waals surface area contributed by atoms with Crippen molar-refractivity contribution in [3.63, 3.8) is 0 Å². The Morgan fingerprint density at radius 1 is 1.55 bits per heavy atom. The molecule has 1 aliphatic rings. The maximum atomic E-state index is 14.2. The molecule has 8 heteroatoms. The van der Waals surface area contributed by atoms with Crippen molar-refractivity contribution in [2.45, 2.75) is 6.04 Å². The Labute approximate surface area is 127 Å². The molecule has 1 atom stereocenters. The van der Waals surface area contributed by atoms with Gasteiger partial charge < -0.3 is 26.0 Å². The van der Waals surface area contributed by atoms with Crippen LogP contribution in [-0.4, -0.2) is 51.2 Å². The summed E-state index contributed by atoms with van der Waals surface area (Å²) in [6.07, 6.45) is 0. The van der Waals surface area contributed by atoms with Crippen LogP contribution in [0, 0.1) is 5.82 Å². The molecule has 1 aliphatic heterocycles. The second-order valence-corrected chi connectivity index (χ2v) is 4.83. The molecular weight excluding hydrogens is 291 g/mol. The molecule has 4 N–H and O–H groups in total. The average Bonchev–Trinajstić information content (AvgIpc) is 2.50. The van der Waals surface area contributed by atoms with E-state index in [-0.39, 0.29) is 30.7 Å². The lowest BCUT2D eigenvalue weighted by atomic mass is 10.2. The third kappa shape index (κ3) is 3.59. The Hall–Kier alpha value is -2.03. The summed E-state index contributed by atoms with van der Waals surface area (Å²) in [5.41, 5.74) is 5.93. The lowest BCUT2D eigenvalue weighted by Gasteiger charge is -2.27. The number of likely N-dealkylation sites (N-methyl/N-ethyl adjacent to an activating group) is 1. The summed E-state index contributed by atoms with van der Waals surface area (Å²) in [5.74, 6) is -1.22. The first-order valence-corrected chi connectivity index (χ1v) is 6.92. The Bertz CT molecular complexity index is 563. The number of benzene rings is 1. The van der Waals surface area contributed by atoms with E-state index in [2.05, 4.69) is 10.6 Å². The Morgan fingerprint density at radius 2 is 2.32 bits per heavy atom. The predicted octanol–water partition coefficient (Wildman–Crippen LogP) is -0.326. The van der Waals surface area contributed by atoms with Crippen LogP contribution in [0.15, 0.2) is 18.2 Å². The zero-order chi connectivity index (χ0) is 16.1. The van der Waals surface area contributed by atoms with Gasteiger partial charge in [-0.25, -0.2) is 4.39 Å². The maximum Gasteiger partial charge on any atom is 0.253 e. The third-order valence-electron chi connectivity index (χ3n) is 3.39. The van der Waals surface area contributed by atoms with Gasteiger partial charge in [0.1, 0.15) is 12.4 Å². The quantitative estimate of drug-likeness (QED) is 0.692. The number of carbonyl (C=O) groups is 2. The molecule has 0 unspecified atom stereocenters. The van der Waals surface area contributed by atoms with E-state index in [1.54, 1.807) is 13.1 Å². The molecule has 120 valence electrons. The number of rotatable bonds is 5. The van der Waals surface area contributed by atoms with Gasteiger partial charge >= 0.3 is 0 Å². The fourth-order valence-corrected chi connectivity index (χ4v) is 2.16. The molecule has 22 heavy (non-hydrogen) atoms.